The average molecular weight is 231 g/mol. The molecule has 0 N–H and O–H groups in total. The Morgan fingerprint density at radius 1 is 1.29 bits per heavy atom. The smallest absolute Gasteiger partial charge is 0.308 e. The molecule has 2 aromatic rings. The first kappa shape index (κ1) is 11.3. The van der Waals surface area contributed by atoms with E-state index in [-0.39, 0.29) is 5.97 Å². The largest absolute Gasteiger partial charge is 0.461 e. The van der Waals surface area contributed by atoms with Crippen molar-refractivity contribution >= 4 is 5.97 Å². The maximum absolute atomic E-state index is 11.4. The summed E-state index contributed by atoms with van der Waals surface area (Å²) in [6, 6.07) is 9.60. The van der Waals surface area contributed by atoms with Crippen LogP contribution in [0, 0.1) is 0 Å². The molecule has 88 valence electrons. The molecule has 5 heteroatoms. The zero-order valence-corrected chi connectivity index (χ0v) is 9.32. The first-order valence-corrected chi connectivity index (χ1v) is 5.36. The van der Waals surface area contributed by atoms with E-state index in [0.717, 1.165) is 5.56 Å². The van der Waals surface area contributed by atoms with Crippen LogP contribution in [0.2, 0.25) is 0 Å². The van der Waals surface area contributed by atoms with Gasteiger partial charge in [-0.2, -0.15) is 5.10 Å². The highest BCUT2D eigenvalue weighted by molar-refractivity contribution is 5.69. The van der Waals surface area contributed by atoms with Gasteiger partial charge in [-0.15, -0.1) is 0 Å². The van der Waals surface area contributed by atoms with Crippen molar-refractivity contribution in [3.05, 3.63) is 48.5 Å². The summed E-state index contributed by atoms with van der Waals surface area (Å²) in [4.78, 5) is 15.2. The highest BCUT2D eigenvalue weighted by Gasteiger charge is 2.03. The predicted molar refractivity (Wildman–Crippen MR) is 60.9 cm³/mol. The third kappa shape index (κ3) is 3.71. The number of nitrogens with zero attached hydrogens (tertiary/aromatic N) is 3. The molecule has 0 radical (unpaired) electrons. The number of aryl methyl sites for hydroxylation is 1. The molecule has 5 nitrogen and oxygen atoms in total. The van der Waals surface area contributed by atoms with Gasteiger partial charge in [0.15, 0.2) is 0 Å². The summed E-state index contributed by atoms with van der Waals surface area (Å²) in [5, 5.41) is 3.90. The van der Waals surface area contributed by atoms with Crippen molar-refractivity contribution in [1.82, 2.24) is 14.8 Å². The molecule has 1 heterocycles. The summed E-state index contributed by atoms with van der Waals surface area (Å²) in [6.45, 7) is 0.810. The molecule has 2 rings (SSSR count). The molecule has 0 aliphatic carbocycles. The summed E-state index contributed by atoms with van der Waals surface area (Å²) in [7, 11) is 0. The minimum Gasteiger partial charge on any atom is -0.461 e. The quantitative estimate of drug-likeness (QED) is 0.730. The fourth-order valence-corrected chi connectivity index (χ4v) is 1.36. The second-order valence-corrected chi connectivity index (χ2v) is 3.55. The normalized spacial score (nSPS) is 10.1. The van der Waals surface area contributed by atoms with Crippen molar-refractivity contribution in [2.75, 3.05) is 0 Å². The Morgan fingerprint density at radius 3 is 2.82 bits per heavy atom. The Morgan fingerprint density at radius 2 is 2.12 bits per heavy atom. The predicted octanol–water partition coefficient (Wildman–Crippen LogP) is 1.41. The second kappa shape index (κ2) is 5.79. The Balaban J connectivity index is 1.71. The van der Waals surface area contributed by atoms with E-state index in [9.17, 15) is 4.79 Å². The standard InChI is InChI=1S/C12H13N3O2/c16-12(6-7-15-10-13-9-14-15)17-8-11-4-2-1-3-5-11/h1-5,9-10H,6-8H2. The number of carbonyl (C=O) groups excluding carboxylic acids is 1. The molecule has 0 bridgehead atoms. The molecule has 17 heavy (non-hydrogen) atoms. The van der Waals surface area contributed by atoms with E-state index in [1.54, 1.807) is 11.0 Å². The van der Waals surface area contributed by atoms with Gasteiger partial charge in [-0.25, -0.2) is 4.98 Å². The lowest BCUT2D eigenvalue weighted by Crippen LogP contribution is -2.09. The number of rotatable bonds is 5. The maximum atomic E-state index is 11.4. The molecule has 0 atom stereocenters. The molecule has 0 aliphatic rings. The lowest BCUT2D eigenvalue weighted by atomic mass is 10.2. The molecule has 0 aliphatic heterocycles. The SMILES string of the molecule is O=C(CCn1cncn1)OCc1ccccc1. The summed E-state index contributed by atoms with van der Waals surface area (Å²) in [5.74, 6) is -0.232. The van der Waals surface area contributed by atoms with Crippen molar-refractivity contribution < 1.29 is 9.53 Å². The topological polar surface area (TPSA) is 57.0 Å². The lowest BCUT2D eigenvalue weighted by molar-refractivity contribution is -0.145. The zero-order valence-electron chi connectivity index (χ0n) is 9.32. The van der Waals surface area contributed by atoms with Crippen molar-refractivity contribution in [2.24, 2.45) is 0 Å². The fourth-order valence-electron chi connectivity index (χ4n) is 1.36. The minimum atomic E-state index is -0.232. The highest BCUT2D eigenvalue weighted by atomic mass is 16.5. The van der Waals surface area contributed by atoms with Crippen LogP contribution in [0.4, 0.5) is 0 Å². The van der Waals surface area contributed by atoms with Gasteiger partial charge in [0.1, 0.15) is 19.3 Å². The van der Waals surface area contributed by atoms with Crippen LogP contribution < -0.4 is 0 Å². The van der Waals surface area contributed by atoms with E-state index < -0.39 is 0 Å². The van der Waals surface area contributed by atoms with Crippen molar-refractivity contribution in [1.29, 1.82) is 0 Å². The van der Waals surface area contributed by atoms with Crippen LogP contribution in [0.5, 0.6) is 0 Å². The van der Waals surface area contributed by atoms with E-state index in [1.807, 2.05) is 30.3 Å². The third-order valence-corrected chi connectivity index (χ3v) is 2.25. The van der Waals surface area contributed by atoms with Gasteiger partial charge >= 0.3 is 5.97 Å². The maximum Gasteiger partial charge on any atom is 0.308 e. The number of aromatic nitrogens is 3. The molecular formula is C12H13N3O2. The van der Waals surface area contributed by atoms with Crippen LogP contribution in [-0.2, 0) is 22.7 Å². The molecule has 0 spiro atoms. The molecule has 0 fully saturated rings. The van der Waals surface area contributed by atoms with Gasteiger partial charge in [0.2, 0.25) is 0 Å². The molecular weight excluding hydrogens is 218 g/mol. The van der Waals surface area contributed by atoms with E-state index in [4.69, 9.17) is 4.74 Å². The van der Waals surface area contributed by atoms with Crippen LogP contribution in [0.3, 0.4) is 0 Å². The summed E-state index contributed by atoms with van der Waals surface area (Å²) >= 11 is 0. The van der Waals surface area contributed by atoms with Crippen molar-refractivity contribution in [3.63, 3.8) is 0 Å². The van der Waals surface area contributed by atoms with E-state index in [1.165, 1.54) is 6.33 Å². The van der Waals surface area contributed by atoms with Gasteiger partial charge in [-0.05, 0) is 5.56 Å². The lowest BCUT2D eigenvalue weighted by Gasteiger charge is -2.04. The van der Waals surface area contributed by atoms with Gasteiger partial charge in [-0.3, -0.25) is 9.48 Å². The Kier molecular flexibility index (Phi) is 3.85. The average Bonchev–Trinajstić information content (AvgIpc) is 2.88. The molecule has 0 saturated heterocycles. The number of esters is 1. The summed E-state index contributed by atoms with van der Waals surface area (Å²) in [5.41, 5.74) is 0.988. The molecule has 0 saturated carbocycles. The summed E-state index contributed by atoms with van der Waals surface area (Å²) in [6.07, 6.45) is 3.32. The van der Waals surface area contributed by atoms with Gasteiger partial charge in [-0.1, -0.05) is 30.3 Å². The Bertz CT molecular complexity index is 454. The molecule has 0 unspecified atom stereocenters. The number of hydrogen-bond acceptors (Lipinski definition) is 4. The number of carbonyl (C=O) groups is 1. The highest BCUT2D eigenvalue weighted by Crippen LogP contribution is 2.02. The van der Waals surface area contributed by atoms with Crippen LogP contribution in [-0.4, -0.2) is 20.7 Å². The van der Waals surface area contributed by atoms with E-state index in [0.29, 0.717) is 19.6 Å². The van der Waals surface area contributed by atoms with Crippen LogP contribution in [0.15, 0.2) is 43.0 Å². The number of benzene rings is 1. The first-order valence-electron chi connectivity index (χ1n) is 5.36. The van der Waals surface area contributed by atoms with E-state index >= 15 is 0 Å². The number of hydrogen-bond donors (Lipinski definition) is 0. The Labute approximate surface area is 99.1 Å². The second-order valence-electron chi connectivity index (χ2n) is 3.55. The van der Waals surface area contributed by atoms with Crippen LogP contribution in [0.1, 0.15) is 12.0 Å². The van der Waals surface area contributed by atoms with Crippen LogP contribution >= 0.6 is 0 Å². The number of ether oxygens (including phenoxy) is 1. The van der Waals surface area contributed by atoms with Gasteiger partial charge in [0.25, 0.3) is 0 Å². The van der Waals surface area contributed by atoms with Gasteiger partial charge < -0.3 is 4.74 Å². The van der Waals surface area contributed by atoms with Crippen molar-refractivity contribution in [2.45, 2.75) is 19.6 Å². The van der Waals surface area contributed by atoms with Crippen molar-refractivity contribution in [3.8, 4) is 0 Å². The minimum absolute atomic E-state index is 0.232. The summed E-state index contributed by atoms with van der Waals surface area (Å²) < 4.78 is 6.73. The zero-order chi connectivity index (χ0) is 11.9. The third-order valence-electron chi connectivity index (χ3n) is 2.25. The monoisotopic (exact) mass is 231 g/mol. The van der Waals surface area contributed by atoms with Gasteiger partial charge in [0, 0.05) is 0 Å². The molecule has 1 aromatic carbocycles. The molecule has 0 amide bonds. The van der Waals surface area contributed by atoms with Crippen LogP contribution in [0.25, 0.3) is 0 Å². The molecule has 1 aromatic heterocycles. The van der Waals surface area contributed by atoms with E-state index in [2.05, 4.69) is 10.1 Å². The van der Waals surface area contributed by atoms with Gasteiger partial charge in [0.05, 0.1) is 13.0 Å². The first-order chi connectivity index (χ1) is 8.34. The fraction of sp³-hybridized carbons (Fsp3) is 0.250. The Hall–Kier alpha value is -2.17.